The molecule has 2 aromatic heterocycles. The summed E-state index contributed by atoms with van der Waals surface area (Å²) in [6.07, 6.45) is 0. The number of aromatic nitrogens is 1. The fourth-order valence-electron chi connectivity index (χ4n) is 12.0. The number of rotatable bonds is 6. The summed E-state index contributed by atoms with van der Waals surface area (Å²) < 4.78 is 9.72. The molecule has 13 aromatic carbocycles. The minimum Gasteiger partial charge on any atom is -0.455 e. The van der Waals surface area contributed by atoms with E-state index in [-0.39, 0.29) is 0 Å². The zero-order valence-corrected chi connectivity index (χ0v) is 39.2. The van der Waals surface area contributed by atoms with E-state index in [0.29, 0.717) is 0 Å². The molecule has 0 bridgehead atoms. The molecule has 0 radical (unpaired) electrons. The van der Waals surface area contributed by atoms with Crippen molar-refractivity contribution in [2.45, 2.75) is 0 Å². The van der Waals surface area contributed by atoms with Crippen molar-refractivity contribution in [3.8, 4) is 61.3 Å². The number of nitrogens with zero attached hydrogens (tertiary/aromatic N) is 1. The summed E-state index contributed by atoms with van der Waals surface area (Å²) in [5.41, 5.74) is 17.2. The maximum atomic E-state index is 7.20. The Labute approximate surface area is 415 Å². The molecule has 0 saturated heterocycles. The van der Waals surface area contributed by atoms with Crippen LogP contribution in [0.25, 0.3) is 148 Å². The van der Waals surface area contributed by atoms with Gasteiger partial charge in [0.05, 0.1) is 16.7 Å². The second kappa shape index (κ2) is 16.0. The van der Waals surface area contributed by atoms with Gasteiger partial charge in [-0.1, -0.05) is 224 Å². The van der Waals surface area contributed by atoms with E-state index in [1.807, 2.05) is 0 Å². The predicted octanol–water partition coefficient (Wildman–Crippen LogP) is 19.6. The van der Waals surface area contributed by atoms with Crippen molar-refractivity contribution in [1.82, 2.24) is 4.57 Å². The van der Waals surface area contributed by atoms with Crippen LogP contribution < -0.4 is 0 Å². The van der Waals surface area contributed by atoms with Crippen LogP contribution in [0.4, 0.5) is 0 Å². The maximum Gasteiger partial charge on any atom is 0.143 e. The molecule has 0 unspecified atom stereocenters. The second-order valence-corrected chi connectivity index (χ2v) is 19.0. The fraction of sp³-hybridized carbons (Fsp3) is 0. The molecule has 72 heavy (non-hydrogen) atoms. The van der Waals surface area contributed by atoms with Crippen LogP contribution in [0.5, 0.6) is 0 Å². The third-order valence-electron chi connectivity index (χ3n) is 15.2. The van der Waals surface area contributed by atoms with Gasteiger partial charge in [0.1, 0.15) is 11.2 Å². The number of para-hydroxylation sites is 1. The summed E-state index contributed by atoms with van der Waals surface area (Å²) in [6.45, 7) is 0. The average Bonchev–Trinajstić information content (AvgIpc) is 3.99. The summed E-state index contributed by atoms with van der Waals surface area (Å²) >= 11 is 0. The van der Waals surface area contributed by atoms with Crippen molar-refractivity contribution in [2.75, 3.05) is 0 Å². The smallest absolute Gasteiger partial charge is 0.143 e. The molecule has 0 N–H and O–H groups in total. The summed E-state index contributed by atoms with van der Waals surface area (Å²) in [6, 6.07) is 95.3. The minimum absolute atomic E-state index is 0.868. The highest BCUT2D eigenvalue weighted by Gasteiger charge is 2.24. The third kappa shape index (κ3) is 6.09. The highest BCUT2D eigenvalue weighted by atomic mass is 16.3. The van der Waals surface area contributed by atoms with E-state index in [1.54, 1.807) is 0 Å². The van der Waals surface area contributed by atoms with Crippen molar-refractivity contribution in [3.05, 3.63) is 261 Å². The summed E-state index contributed by atoms with van der Waals surface area (Å²) in [5.74, 6) is 0. The van der Waals surface area contributed by atoms with Gasteiger partial charge in [0.2, 0.25) is 0 Å². The van der Waals surface area contributed by atoms with Crippen LogP contribution in [-0.2, 0) is 0 Å². The SMILES string of the molecule is c1ccc(-c2ccc3c(c2)c2cc(-c4ccccc4)ccc2n3-c2c3ccccc3c(-c3ccc4c(c3)oc3c(-c5c6ccccc6c(-c6ccccc6)c6ccccc56)cccc34)c3ccccc23)cc1. The molecular formula is C70H43NO. The van der Waals surface area contributed by atoms with Crippen LogP contribution in [-0.4, -0.2) is 4.57 Å². The Hall–Kier alpha value is -9.50. The molecule has 0 amide bonds. The quantitative estimate of drug-likeness (QED) is 0.152. The van der Waals surface area contributed by atoms with Gasteiger partial charge in [0, 0.05) is 43.4 Å². The molecule has 334 valence electrons. The lowest BCUT2D eigenvalue weighted by molar-refractivity contribution is 0.670. The van der Waals surface area contributed by atoms with E-state index in [2.05, 4.69) is 265 Å². The Morgan fingerprint density at radius 1 is 0.236 bits per heavy atom. The molecule has 15 aromatic rings. The highest BCUT2D eigenvalue weighted by Crippen LogP contribution is 2.49. The lowest BCUT2D eigenvalue weighted by Crippen LogP contribution is -1.99. The Kier molecular flexibility index (Phi) is 8.99. The number of hydrogen-bond donors (Lipinski definition) is 0. The molecule has 2 heterocycles. The molecule has 0 atom stereocenters. The molecule has 0 aliphatic heterocycles. The predicted molar refractivity (Wildman–Crippen MR) is 305 cm³/mol. The van der Waals surface area contributed by atoms with Crippen molar-refractivity contribution in [1.29, 1.82) is 0 Å². The first-order valence-corrected chi connectivity index (χ1v) is 24.8. The lowest BCUT2D eigenvalue weighted by atomic mass is 9.85. The number of benzene rings is 13. The van der Waals surface area contributed by atoms with Crippen LogP contribution in [0.1, 0.15) is 0 Å². The van der Waals surface area contributed by atoms with Gasteiger partial charge in [-0.05, 0) is 113 Å². The molecule has 0 spiro atoms. The Morgan fingerprint density at radius 2 is 0.639 bits per heavy atom. The first kappa shape index (κ1) is 40.4. The van der Waals surface area contributed by atoms with Crippen LogP contribution in [0.15, 0.2) is 265 Å². The van der Waals surface area contributed by atoms with Gasteiger partial charge in [0.15, 0.2) is 0 Å². The van der Waals surface area contributed by atoms with Crippen molar-refractivity contribution >= 4 is 86.8 Å². The highest BCUT2D eigenvalue weighted by molar-refractivity contribution is 6.25. The molecular weight excluding hydrogens is 871 g/mol. The van der Waals surface area contributed by atoms with Gasteiger partial charge in [-0.25, -0.2) is 0 Å². The molecule has 0 fully saturated rings. The molecule has 0 saturated carbocycles. The minimum atomic E-state index is 0.868. The average molecular weight is 914 g/mol. The fourth-order valence-corrected chi connectivity index (χ4v) is 12.0. The van der Waals surface area contributed by atoms with E-state index in [4.69, 9.17) is 4.42 Å². The number of furan rings is 1. The Balaban J connectivity index is 0.954. The Morgan fingerprint density at radius 3 is 1.15 bits per heavy atom. The monoisotopic (exact) mass is 913 g/mol. The van der Waals surface area contributed by atoms with E-state index >= 15 is 0 Å². The summed E-state index contributed by atoms with van der Waals surface area (Å²) in [7, 11) is 0. The van der Waals surface area contributed by atoms with E-state index in [0.717, 1.165) is 33.1 Å². The zero-order valence-electron chi connectivity index (χ0n) is 39.2. The van der Waals surface area contributed by atoms with Gasteiger partial charge in [-0.15, -0.1) is 0 Å². The molecule has 2 heteroatoms. The van der Waals surface area contributed by atoms with Gasteiger partial charge < -0.3 is 8.98 Å². The van der Waals surface area contributed by atoms with E-state index < -0.39 is 0 Å². The van der Waals surface area contributed by atoms with Gasteiger partial charge in [0.25, 0.3) is 0 Å². The topological polar surface area (TPSA) is 18.1 Å². The van der Waals surface area contributed by atoms with Crippen LogP contribution in [0.3, 0.4) is 0 Å². The number of hydrogen-bond acceptors (Lipinski definition) is 1. The van der Waals surface area contributed by atoms with Crippen molar-refractivity contribution in [2.24, 2.45) is 0 Å². The maximum absolute atomic E-state index is 7.20. The normalized spacial score (nSPS) is 11.9. The van der Waals surface area contributed by atoms with Gasteiger partial charge in [-0.3, -0.25) is 0 Å². The zero-order chi connectivity index (χ0) is 47.3. The van der Waals surface area contributed by atoms with Gasteiger partial charge >= 0.3 is 0 Å². The standard InChI is InChI=1S/C70H43NO/c1-4-19-44(20-5-1)47-36-39-63-61(41-47)62-42-48(45-21-6-2-7-22-45)37-40-64(62)71(63)69-57-31-16-14-29-55(57)67(56-30-15-17-32-58(56)69)49-35-38-50-59-33-18-34-60(70(59)72-65(50)43-49)68-53-27-12-10-25-51(53)66(46-23-8-3-9-24-46)52-26-11-13-28-54(52)68/h1-43H. The largest absolute Gasteiger partial charge is 0.455 e. The third-order valence-corrected chi connectivity index (χ3v) is 15.2. The van der Waals surface area contributed by atoms with Crippen molar-refractivity contribution < 1.29 is 4.42 Å². The first-order valence-electron chi connectivity index (χ1n) is 24.8. The van der Waals surface area contributed by atoms with Crippen LogP contribution >= 0.6 is 0 Å². The molecule has 2 nitrogen and oxygen atoms in total. The van der Waals surface area contributed by atoms with Gasteiger partial charge in [-0.2, -0.15) is 0 Å². The number of fused-ring (bicyclic) bond motifs is 10. The first-order chi connectivity index (χ1) is 35.7. The van der Waals surface area contributed by atoms with E-state index in [1.165, 1.54) is 115 Å². The Bertz CT molecular complexity index is 4450. The molecule has 15 rings (SSSR count). The lowest BCUT2D eigenvalue weighted by Gasteiger charge is -2.19. The molecule has 0 aliphatic rings. The second-order valence-electron chi connectivity index (χ2n) is 19.0. The van der Waals surface area contributed by atoms with Crippen LogP contribution in [0, 0.1) is 0 Å². The van der Waals surface area contributed by atoms with Crippen LogP contribution in [0.2, 0.25) is 0 Å². The van der Waals surface area contributed by atoms with E-state index in [9.17, 15) is 0 Å². The summed E-state index contributed by atoms with van der Waals surface area (Å²) in [5, 5.41) is 14.3. The summed E-state index contributed by atoms with van der Waals surface area (Å²) in [4.78, 5) is 0. The molecule has 0 aliphatic carbocycles. The van der Waals surface area contributed by atoms with Crippen molar-refractivity contribution in [3.63, 3.8) is 0 Å².